The van der Waals surface area contributed by atoms with E-state index in [1.54, 1.807) is 13.0 Å². The second-order valence-electron chi connectivity index (χ2n) is 3.92. The lowest BCUT2D eigenvalue weighted by Crippen LogP contribution is -2.26. The van der Waals surface area contributed by atoms with Crippen LogP contribution in [0.25, 0.3) is 0 Å². The lowest BCUT2D eigenvalue weighted by Gasteiger charge is -2.20. The van der Waals surface area contributed by atoms with Crippen LogP contribution < -0.4 is 0 Å². The summed E-state index contributed by atoms with van der Waals surface area (Å²) in [6, 6.07) is 0. The van der Waals surface area contributed by atoms with Crippen LogP contribution in [0.1, 0.15) is 13.3 Å². The van der Waals surface area contributed by atoms with Crippen LogP contribution in [0.2, 0.25) is 0 Å². The van der Waals surface area contributed by atoms with Crippen LogP contribution in [0.4, 0.5) is 0 Å². The van der Waals surface area contributed by atoms with Gasteiger partial charge < -0.3 is 4.74 Å². The zero-order valence-electron chi connectivity index (χ0n) is 8.03. The highest BCUT2D eigenvalue weighted by atomic mass is 16.6. The van der Waals surface area contributed by atoms with Gasteiger partial charge in [0.2, 0.25) is 0 Å². The highest BCUT2D eigenvalue weighted by molar-refractivity contribution is 5.92. The van der Waals surface area contributed by atoms with Gasteiger partial charge in [-0.3, -0.25) is 9.59 Å². The number of ketones is 1. The minimum Gasteiger partial charge on any atom is -0.457 e. The van der Waals surface area contributed by atoms with Gasteiger partial charge in [0.1, 0.15) is 6.10 Å². The monoisotopic (exact) mass is 192 g/mol. The molecule has 14 heavy (non-hydrogen) atoms. The Morgan fingerprint density at radius 1 is 1.57 bits per heavy atom. The molecule has 1 fully saturated rings. The fourth-order valence-corrected chi connectivity index (χ4v) is 2.14. The van der Waals surface area contributed by atoms with E-state index in [1.165, 1.54) is 6.08 Å². The summed E-state index contributed by atoms with van der Waals surface area (Å²) in [5.74, 6) is -0.506. The number of fused-ring (bicyclic) bond motifs is 1. The summed E-state index contributed by atoms with van der Waals surface area (Å²) in [7, 11) is 0. The van der Waals surface area contributed by atoms with E-state index in [1.807, 2.05) is 0 Å². The number of carbonyl (C=O) groups is 2. The summed E-state index contributed by atoms with van der Waals surface area (Å²) in [5.41, 5.74) is 0.783. The van der Waals surface area contributed by atoms with Crippen molar-refractivity contribution in [3.8, 4) is 0 Å². The first-order valence-electron chi connectivity index (χ1n) is 4.66. The largest absolute Gasteiger partial charge is 0.457 e. The molecule has 0 saturated carbocycles. The van der Waals surface area contributed by atoms with Crippen molar-refractivity contribution in [3.05, 3.63) is 24.3 Å². The summed E-state index contributed by atoms with van der Waals surface area (Å²) >= 11 is 0. The zero-order chi connectivity index (χ0) is 10.3. The molecule has 3 unspecified atom stereocenters. The standard InChI is InChI=1S/C11H12O3/c1-6(2)10-8-5-7(12)3-4-9(8)14-11(10)13/h3-4,8-10H,1,5H2,2H3. The molecule has 0 aromatic carbocycles. The predicted molar refractivity (Wildman–Crippen MR) is 50.4 cm³/mol. The third-order valence-corrected chi connectivity index (χ3v) is 2.80. The Labute approximate surface area is 82.4 Å². The van der Waals surface area contributed by atoms with Crippen LogP contribution in [-0.2, 0) is 14.3 Å². The topological polar surface area (TPSA) is 43.4 Å². The van der Waals surface area contributed by atoms with Crippen LogP contribution in [-0.4, -0.2) is 17.9 Å². The number of rotatable bonds is 1. The average molecular weight is 192 g/mol. The third-order valence-electron chi connectivity index (χ3n) is 2.80. The molecule has 1 aliphatic heterocycles. The average Bonchev–Trinajstić information content (AvgIpc) is 2.40. The summed E-state index contributed by atoms with van der Waals surface area (Å²) in [4.78, 5) is 22.7. The first kappa shape index (κ1) is 9.19. The van der Waals surface area contributed by atoms with Gasteiger partial charge in [-0.05, 0) is 19.1 Å². The fourth-order valence-electron chi connectivity index (χ4n) is 2.14. The zero-order valence-corrected chi connectivity index (χ0v) is 8.03. The molecule has 2 rings (SSSR count). The predicted octanol–water partition coefficient (Wildman–Crippen LogP) is 1.25. The van der Waals surface area contributed by atoms with Crippen molar-refractivity contribution >= 4 is 11.8 Å². The highest BCUT2D eigenvalue weighted by Crippen LogP contribution is 2.37. The van der Waals surface area contributed by atoms with Crippen LogP contribution in [0.3, 0.4) is 0 Å². The van der Waals surface area contributed by atoms with Gasteiger partial charge in [0, 0.05) is 12.3 Å². The lowest BCUT2D eigenvalue weighted by atomic mass is 9.80. The van der Waals surface area contributed by atoms with Crippen molar-refractivity contribution in [2.24, 2.45) is 11.8 Å². The van der Waals surface area contributed by atoms with Crippen molar-refractivity contribution in [1.82, 2.24) is 0 Å². The van der Waals surface area contributed by atoms with E-state index in [4.69, 9.17) is 4.74 Å². The molecular weight excluding hydrogens is 180 g/mol. The molecule has 3 heteroatoms. The Morgan fingerprint density at radius 3 is 2.93 bits per heavy atom. The second-order valence-corrected chi connectivity index (χ2v) is 3.92. The number of hydrogen-bond donors (Lipinski definition) is 0. The number of ether oxygens (including phenoxy) is 1. The molecule has 2 aliphatic rings. The molecule has 0 aromatic rings. The van der Waals surface area contributed by atoms with E-state index in [0.717, 1.165) is 5.57 Å². The summed E-state index contributed by atoms with van der Waals surface area (Å²) in [6.45, 7) is 5.57. The maximum atomic E-state index is 11.5. The van der Waals surface area contributed by atoms with Crippen molar-refractivity contribution in [1.29, 1.82) is 0 Å². The number of esters is 1. The first-order valence-corrected chi connectivity index (χ1v) is 4.66. The molecular formula is C11H12O3. The van der Waals surface area contributed by atoms with Crippen LogP contribution in [0, 0.1) is 11.8 Å². The fraction of sp³-hybridized carbons (Fsp3) is 0.455. The summed E-state index contributed by atoms with van der Waals surface area (Å²) in [6.07, 6.45) is 3.35. The minimum absolute atomic E-state index is 0.0301. The van der Waals surface area contributed by atoms with Gasteiger partial charge in [0.25, 0.3) is 0 Å². The highest BCUT2D eigenvalue weighted by Gasteiger charge is 2.45. The van der Waals surface area contributed by atoms with E-state index >= 15 is 0 Å². The van der Waals surface area contributed by atoms with Crippen molar-refractivity contribution in [2.75, 3.05) is 0 Å². The van der Waals surface area contributed by atoms with E-state index in [-0.39, 0.29) is 29.7 Å². The SMILES string of the molecule is C=C(C)C1C(=O)OC2C=CC(=O)CC21. The maximum absolute atomic E-state index is 11.5. The minimum atomic E-state index is -0.297. The summed E-state index contributed by atoms with van der Waals surface area (Å²) < 4.78 is 5.15. The van der Waals surface area contributed by atoms with Gasteiger partial charge in [-0.15, -0.1) is 0 Å². The molecule has 0 amide bonds. The number of hydrogen-bond acceptors (Lipinski definition) is 3. The van der Waals surface area contributed by atoms with Gasteiger partial charge in [-0.2, -0.15) is 0 Å². The van der Waals surface area contributed by atoms with Crippen LogP contribution >= 0.6 is 0 Å². The maximum Gasteiger partial charge on any atom is 0.314 e. The Kier molecular flexibility index (Phi) is 2.02. The van der Waals surface area contributed by atoms with Gasteiger partial charge in [-0.1, -0.05) is 12.2 Å². The van der Waals surface area contributed by atoms with E-state index in [0.29, 0.717) is 6.42 Å². The lowest BCUT2D eigenvalue weighted by molar-refractivity contribution is -0.142. The van der Waals surface area contributed by atoms with Gasteiger partial charge in [0.15, 0.2) is 5.78 Å². The molecule has 0 spiro atoms. The normalized spacial score (nSPS) is 35.4. The van der Waals surface area contributed by atoms with Gasteiger partial charge in [0.05, 0.1) is 5.92 Å². The molecule has 0 N–H and O–H groups in total. The Bertz CT molecular complexity index is 340. The Hall–Kier alpha value is -1.38. The summed E-state index contributed by atoms with van der Waals surface area (Å²) in [5, 5.41) is 0. The van der Waals surface area contributed by atoms with Crippen molar-refractivity contribution < 1.29 is 14.3 Å². The van der Waals surface area contributed by atoms with E-state index in [2.05, 4.69) is 6.58 Å². The molecule has 0 radical (unpaired) electrons. The molecule has 1 heterocycles. The van der Waals surface area contributed by atoms with Gasteiger partial charge >= 0.3 is 5.97 Å². The molecule has 74 valence electrons. The van der Waals surface area contributed by atoms with Crippen LogP contribution in [0.5, 0.6) is 0 Å². The first-order chi connectivity index (χ1) is 6.59. The third kappa shape index (κ3) is 1.29. The second kappa shape index (κ2) is 3.08. The van der Waals surface area contributed by atoms with Gasteiger partial charge in [-0.25, -0.2) is 0 Å². The number of carbonyl (C=O) groups excluding carboxylic acids is 2. The molecule has 1 saturated heterocycles. The molecule has 3 nitrogen and oxygen atoms in total. The molecule has 0 bridgehead atoms. The Balaban J connectivity index is 2.29. The smallest absolute Gasteiger partial charge is 0.314 e. The molecule has 0 aromatic heterocycles. The molecule has 1 aliphatic carbocycles. The quantitative estimate of drug-likeness (QED) is 0.464. The van der Waals surface area contributed by atoms with Crippen LogP contribution in [0.15, 0.2) is 24.3 Å². The van der Waals surface area contributed by atoms with Crippen molar-refractivity contribution in [2.45, 2.75) is 19.4 Å². The number of allylic oxidation sites excluding steroid dienone is 1. The van der Waals surface area contributed by atoms with Crippen molar-refractivity contribution in [3.63, 3.8) is 0 Å². The van der Waals surface area contributed by atoms with E-state index < -0.39 is 0 Å². The molecule has 3 atom stereocenters. The van der Waals surface area contributed by atoms with E-state index in [9.17, 15) is 9.59 Å². The Morgan fingerprint density at radius 2 is 2.29 bits per heavy atom.